The van der Waals surface area contributed by atoms with Crippen molar-refractivity contribution in [2.75, 3.05) is 20.3 Å². The van der Waals surface area contributed by atoms with Gasteiger partial charge in [-0.15, -0.1) is 0 Å². The lowest BCUT2D eigenvalue weighted by atomic mass is 9.74. The lowest BCUT2D eigenvalue weighted by molar-refractivity contribution is -0.149. The summed E-state index contributed by atoms with van der Waals surface area (Å²) in [6, 6.07) is 7.96. The van der Waals surface area contributed by atoms with Crippen molar-refractivity contribution in [3.63, 3.8) is 0 Å². The second-order valence-electron chi connectivity index (χ2n) is 5.84. The highest BCUT2D eigenvalue weighted by Crippen LogP contribution is 2.33. The number of aryl methyl sites for hydroxylation is 1. The van der Waals surface area contributed by atoms with Gasteiger partial charge in [-0.05, 0) is 38.2 Å². The highest BCUT2D eigenvalue weighted by atomic mass is 16.5. The van der Waals surface area contributed by atoms with Crippen molar-refractivity contribution in [1.82, 2.24) is 0 Å². The van der Waals surface area contributed by atoms with Gasteiger partial charge in [-0.1, -0.05) is 29.8 Å². The van der Waals surface area contributed by atoms with Gasteiger partial charge in [-0.3, -0.25) is 4.79 Å². The highest BCUT2D eigenvalue weighted by Gasteiger charge is 2.42. The number of hydrogen-bond donors (Lipinski definition) is 1. The molecule has 21 heavy (non-hydrogen) atoms. The Morgan fingerprint density at radius 2 is 2.10 bits per heavy atom. The predicted molar refractivity (Wildman–Crippen MR) is 82.1 cm³/mol. The number of carbonyl (C=O) groups is 1. The van der Waals surface area contributed by atoms with Crippen molar-refractivity contribution >= 4 is 5.97 Å². The van der Waals surface area contributed by atoms with Crippen LogP contribution in [0.1, 0.15) is 36.8 Å². The minimum atomic E-state index is -0.815. The number of hydrogen-bond acceptors (Lipinski definition) is 4. The second-order valence-corrected chi connectivity index (χ2v) is 5.84. The van der Waals surface area contributed by atoms with E-state index in [1.54, 1.807) is 0 Å². The van der Waals surface area contributed by atoms with Gasteiger partial charge >= 0.3 is 5.97 Å². The summed E-state index contributed by atoms with van der Waals surface area (Å²) in [5, 5.41) is 0. The summed E-state index contributed by atoms with van der Waals surface area (Å²) in [5.41, 5.74) is 7.27. The number of nitrogens with two attached hydrogens (primary N) is 1. The summed E-state index contributed by atoms with van der Waals surface area (Å²) in [7, 11) is 1.42. The second kappa shape index (κ2) is 7.05. The molecule has 1 aromatic rings. The highest BCUT2D eigenvalue weighted by molar-refractivity contribution is 5.83. The first kappa shape index (κ1) is 16.0. The molecular formula is C17H25NO3. The molecule has 0 spiro atoms. The molecule has 0 amide bonds. The Hall–Kier alpha value is -1.39. The molecule has 0 aliphatic carbocycles. The lowest BCUT2D eigenvalue weighted by Gasteiger charge is -2.35. The zero-order chi connectivity index (χ0) is 15.3. The molecule has 4 heteroatoms. The van der Waals surface area contributed by atoms with Gasteiger partial charge in [0.15, 0.2) is 0 Å². The molecule has 2 atom stereocenters. The monoisotopic (exact) mass is 291 g/mol. The quantitative estimate of drug-likeness (QED) is 0.846. The van der Waals surface area contributed by atoms with Crippen molar-refractivity contribution < 1.29 is 14.3 Å². The molecule has 2 unspecified atom stereocenters. The minimum Gasteiger partial charge on any atom is -0.468 e. The lowest BCUT2D eigenvalue weighted by Crippen LogP contribution is -2.47. The van der Waals surface area contributed by atoms with Crippen LogP contribution >= 0.6 is 0 Å². The molecular weight excluding hydrogens is 266 g/mol. The van der Waals surface area contributed by atoms with E-state index >= 15 is 0 Å². The molecule has 4 nitrogen and oxygen atoms in total. The van der Waals surface area contributed by atoms with E-state index < -0.39 is 5.41 Å². The van der Waals surface area contributed by atoms with E-state index in [0.29, 0.717) is 6.42 Å². The first-order valence-electron chi connectivity index (χ1n) is 7.59. The fourth-order valence-electron chi connectivity index (χ4n) is 3.03. The van der Waals surface area contributed by atoms with E-state index in [-0.39, 0.29) is 18.6 Å². The fourth-order valence-corrected chi connectivity index (χ4v) is 3.03. The minimum absolute atomic E-state index is 0.0719. The molecule has 2 rings (SSSR count). The molecule has 0 bridgehead atoms. The fraction of sp³-hybridized carbons (Fsp3) is 0.588. The van der Waals surface area contributed by atoms with Gasteiger partial charge in [0.2, 0.25) is 0 Å². The van der Waals surface area contributed by atoms with Gasteiger partial charge in [0.05, 0.1) is 13.2 Å². The molecule has 1 fully saturated rings. The molecule has 0 aromatic heterocycles. The van der Waals surface area contributed by atoms with E-state index in [4.69, 9.17) is 15.2 Å². The van der Waals surface area contributed by atoms with Crippen LogP contribution in [0.3, 0.4) is 0 Å². The third-order valence-electron chi connectivity index (χ3n) is 4.38. The zero-order valence-electron chi connectivity index (χ0n) is 12.9. The van der Waals surface area contributed by atoms with Gasteiger partial charge < -0.3 is 15.2 Å². The van der Waals surface area contributed by atoms with Crippen LogP contribution in [0.25, 0.3) is 0 Å². The first-order chi connectivity index (χ1) is 10.1. The van der Waals surface area contributed by atoms with E-state index in [2.05, 4.69) is 0 Å². The summed E-state index contributed by atoms with van der Waals surface area (Å²) in [4.78, 5) is 12.5. The Labute approximate surface area is 126 Å². The third kappa shape index (κ3) is 3.44. The third-order valence-corrected chi connectivity index (χ3v) is 4.38. The van der Waals surface area contributed by atoms with Crippen molar-refractivity contribution in [1.29, 1.82) is 0 Å². The maximum Gasteiger partial charge on any atom is 0.317 e. The molecule has 1 aliphatic heterocycles. The SMILES string of the molecule is COC(=O)C(CN)(CC1CCCCO1)c1ccc(C)cc1. The van der Waals surface area contributed by atoms with Crippen LogP contribution in [0.15, 0.2) is 24.3 Å². The van der Waals surface area contributed by atoms with Crippen LogP contribution in [-0.4, -0.2) is 32.3 Å². The summed E-state index contributed by atoms with van der Waals surface area (Å²) in [6.07, 6.45) is 3.86. The smallest absolute Gasteiger partial charge is 0.317 e. The molecule has 0 radical (unpaired) electrons. The van der Waals surface area contributed by atoms with Crippen LogP contribution in [0.2, 0.25) is 0 Å². The Kier molecular flexibility index (Phi) is 5.37. The van der Waals surface area contributed by atoms with E-state index in [9.17, 15) is 4.79 Å². The average Bonchev–Trinajstić information content (AvgIpc) is 2.54. The Morgan fingerprint density at radius 1 is 1.38 bits per heavy atom. The zero-order valence-corrected chi connectivity index (χ0v) is 12.9. The molecule has 1 aromatic carbocycles. The Balaban J connectivity index is 2.32. The molecule has 116 valence electrons. The largest absolute Gasteiger partial charge is 0.468 e. The Bertz CT molecular complexity index is 465. The van der Waals surface area contributed by atoms with Gasteiger partial charge in [0.1, 0.15) is 5.41 Å². The number of esters is 1. The summed E-state index contributed by atoms with van der Waals surface area (Å²) in [5.74, 6) is -0.275. The van der Waals surface area contributed by atoms with Crippen molar-refractivity contribution in [2.24, 2.45) is 5.73 Å². The van der Waals surface area contributed by atoms with Crippen molar-refractivity contribution in [3.05, 3.63) is 35.4 Å². The average molecular weight is 291 g/mol. The normalized spacial score (nSPS) is 21.6. The topological polar surface area (TPSA) is 61.5 Å². The summed E-state index contributed by atoms with van der Waals surface area (Å²) in [6.45, 7) is 3.01. The van der Waals surface area contributed by atoms with Crippen LogP contribution < -0.4 is 5.73 Å². The summed E-state index contributed by atoms with van der Waals surface area (Å²) < 4.78 is 10.9. The van der Waals surface area contributed by atoms with Gasteiger partial charge in [-0.2, -0.15) is 0 Å². The van der Waals surface area contributed by atoms with Crippen LogP contribution in [0.4, 0.5) is 0 Å². The van der Waals surface area contributed by atoms with E-state index in [1.165, 1.54) is 7.11 Å². The molecule has 2 N–H and O–H groups in total. The molecule has 1 saturated heterocycles. The van der Waals surface area contributed by atoms with E-state index in [1.807, 2.05) is 31.2 Å². The maximum absolute atomic E-state index is 12.5. The van der Waals surface area contributed by atoms with Gasteiger partial charge in [0, 0.05) is 13.2 Å². The van der Waals surface area contributed by atoms with E-state index in [0.717, 1.165) is 37.0 Å². The number of ether oxygens (including phenoxy) is 2. The van der Waals surface area contributed by atoms with Crippen LogP contribution in [0.5, 0.6) is 0 Å². The van der Waals surface area contributed by atoms with Crippen LogP contribution in [0, 0.1) is 6.92 Å². The molecule has 1 aliphatic rings. The standard InChI is InChI=1S/C17H25NO3/c1-13-6-8-14(9-7-13)17(12-18,16(19)20-2)11-15-5-3-4-10-21-15/h6-9,15H,3-5,10-12,18H2,1-2H3. The van der Waals surface area contributed by atoms with Gasteiger partial charge in [0.25, 0.3) is 0 Å². The first-order valence-corrected chi connectivity index (χ1v) is 7.59. The van der Waals surface area contributed by atoms with Crippen molar-refractivity contribution in [2.45, 2.75) is 44.1 Å². The number of methoxy groups -OCH3 is 1. The Morgan fingerprint density at radius 3 is 2.62 bits per heavy atom. The number of rotatable bonds is 5. The molecule has 0 saturated carbocycles. The number of benzene rings is 1. The van der Waals surface area contributed by atoms with Crippen LogP contribution in [-0.2, 0) is 19.7 Å². The number of carbonyl (C=O) groups excluding carboxylic acids is 1. The van der Waals surface area contributed by atoms with Crippen molar-refractivity contribution in [3.8, 4) is 0 Å². The summed E-state index contributed by atoms with van der Waals surface area (Å²) >= 11 is 0. The van der Waals surface area contributed by atoms with Gasteiger partial charge in [-0.25, -0.2) is 0 Å². The predicted octanol–water partition coefficient (Wildman–Crippen LogP) is 2.32. The maximum atomic E-state index is 12.5. The molecule has 1 heterocycles.